The Morgan fingerprint density at radius 3 is 2.96 bits per heavy atom. The summed E-state index contributed by atoms with van der Waals surface area (Å²) in [6.45, 7) is 4.33. The van der Waals surface area contributed by atoms with Crippen LogP contribution >= 0.6 is 12.4 Å². The summed E-state index contributed by atoms with van der Waals surface area (Å²) in [6, 6.07) is 9.74. The number of hydrogen-bond donors (Lipinski definition) is 2. The number of H-pyrrole nitrogens is 1. The number of hydrogen-bond acceptors (Lipinski definition) is 4. The molecule has 1 aliphatic heterocycles. The first-order chi connectivity index (χ1) is 10.7. The molecule has 0 unspecified atom stereocenters. The van der Waals surface area contributed by atoms with E-state index in [0.29, 0.717) is 18.3 Å². The fraction of sp³-hybridized carbons (Fsp3) is 0.375. The highest BCUT2D eigenvalue weighted by atomic mass is 35.5. The summed E-state index contributed by atoms with van der Waals surface area (Å²) in [5.74, 6) is 0.763. The minimum absolute atomic E-state index is 0. The van der Waals surface area contributed by atoms with Crippen LogP contribution in [0.3, 0.4) is 0 Å². The van der Waals surface area contributed by atoms with Crippen molar-refractivity contribution in [2.45, 2.75) is 13.0 Å². The number of ether oxygens (including phenoxy) is 1. The first kappa shape index (κ1) is 17.3. The van der Waals surface area contributed by atoms with Gasteiger partial charge in [0.05, 0.1) is 12.8 Å². The number of benzene rings is 1. The molecular formula is C16H21ClN4O2. The average molecular weight is 337 g/mol. The van der Waals surface area contributed by atoms with Gasteiger partial charge in [-0.1, -0.05) is 12.1 Å². The molecule has 23 heavy (non-hydrogen) atoms. The van der Waals surface area contributed by atoms with E-state index in [2.05, 4.69) is 22.4 Å². The lowest BCUT2D eigenvalue weighted by molar-refractivity contribution is 0.0703. The molecule has 1 saturated heterocycles. The van der Waals surface area contributed by atoms with Gasteiger partial charge in [0.2, 0.25) is 0 Å². The highest BCUT2D eigenvalue weighted by molar-refractivity contribution is 5.93. The van der Waals surface area contributed by atoms with E-state index in [1.165, 1.54) is 0 Å². The maximum Gasteiger partial charge on any atom is 0.271 e. The second kappa shape index (κ2) is 7.48. The van der Waals surface area contributed by atoms with E-state index in [9.17, 15) is 4.79 Å². The summed E-state index contributed by atoms with van der Waals surface area (Å²) in [5, 5.41) is 10.4. The van der Waals surface area contributed by atoms with Crippen molar-refractivity contribution in [3.05, 3.63) is 36.0 Å². The molecule has 2 N–H and O–H groups in total. The van der Waals surface area contributed by atoms with E-state index in [-0.39, 0.29) is 18.3 Å². The number of halogens is 1. The minimum Gasteiger partial charge on any atom is -0.497 e. The number of amides is 1. The van der Waals surface area contributed by atoms with Crippen LogP contribution in [0, 0.1) is 0 Å². The summed E-state index contributed by atoms with van der Waals surface area (Å²) < 4.78 is 5.22. The van der Waals surface area contributed by atoms with E-state index in [4.69, 9.17) is 4.74 Å². The van der Waals surface area contributed by atoms with Crippen LogP contribution in [0.2, 0.25) is 0 Å². The van der Waals surface area contributed by atoms with Crippen LogP contribution in [0.4, 0.5) is 0 Å². The van der Waals surface area contributed by atoms with Crippen molar-refractivity contribution in [1.29, 1.82) is 0 Å². The van der Waals surface area contributed by atoms with Crippen molar-refractivity contribution in [2.24, 2.45) is 0 Å². The Labute approximate surface area is 141 Å². The molecule has 2 aromatic rings. The van der Waals surface area contributed by atoms with Crippen molar-refractivity contribution in [1.82, 2.24) is 20.4 Å². The van der Waals surface area contributed by atoms with Crippen molar-refractivity contribution in [3.8, 4) is 17.0 Å². The van der Waals surface area contributed by atoms with E-state index in [1.54, 1.807) is 13.2 Å². The largest absolute Gasteiger partial charge is 0.497 e. The molecule has 0 spiro atoms. The molecule has 0 bridgehead atoms. The Balaban J connectivity index is 0.00000192. The summed E-state index contributed by atoms with van der Waals surface area (Å²) in [4.78, 5) is 14.4. The Hall–Kier alpha value is -2.05. The number of carbonyl (C=O) groups excluding carboxylic acids is 1. The summed E-state index contributed by atoms with van der Waals surface area (Å²) >= 11 is 0. The first-order valence-corrected chi connectivity index (χ1v) is 7.40. The lowest BCUT2D eigenvalue weighted by atomic mass is 10.1. The topological polar surface area (TPSA) is 70.2 Å². The second-order valence-corrected chi connectivity index (χ2v) is 5.51. The van der Waals surface area contributed by atoms with Gasteiger partial charge in [-0.05, 0) is 25.1 Å². The fourth-order valence-electron chi connectivity index (χ4n) is 2.65. The van der Waals surface area contributed by atoms with Gasteiger partial charge in [0.15, 0.2) is 0 Å². The van der Waals surface area contributed by atoms with Gasteiger partial charge in [-0.25, -0.2) is 0 Å². The third kappa shape index (κ3) is 3.83. The molecule has 7 heteroatoms. The van der Waals surface area contributed by atoms with Crippen LogP contribution < -0.4 is 10.1 Å². The van der Waals surface area contributed by atoms with Crippen molar-refractivity contribution in [2.75, 3.05) is 26.7 Å². The SMILES string of the molecule is COc1cccc(-c2cc(C(=O)N3CCN[C@H](C)C3)[nH]n2)c1.Cl. The second-order valence-electron chi connectivity index (χ2n) is 5.51. The molecule has 1 aromatic carbocycles. The number of piperazine rings is 1. The Morgan fingerprint density at radius 2 is 2.22 bits per heavy atom. The summed E-state index contributed by atoms with van der Waals surface area (Å²) in [6.07, 6.45) is 0. The molecule has 6 nitrogen and oxygen atoms in total. The highest BCUT2D eigenvalue weighted by Crippen LogP contribution is 2.23. The molecule has 3 rings (SSSR count). The quantitative estimate of drug-likeness (QED) is 0.898. The zero-order valence-electron chi connectivity index (χ0n) is 13.2. The van der Waals surface area contributed by atoms with Gasteiger partial charge in [-0.15, -0.1) is 12.4 Å². The molecule has 0 radical (unpaired) electrons. The van der Waals surface area contributed by atoms with Gasteiger partial charge in [0.1, 0.15) is 11.4 Å². The normalized spacial score (nSPS) is 17.5. The fourth-order valence-corrected chi connectivity index (χ4v) is 2.65. The number of aromatic nitrogens is 2. The number of carbonyl (C=O) groups is 1. The predicted octanol–water partition coefficient (Wildman–Crippen LogP) is 1.94. The van der Waals surface area contributed by atoms with E-state index < -0.39 is 0 Å². The van der Waals surface area contributed by atoms with Gasteiger partial charge in [-0.3, -0.25) is 9.89 Å². The molecule has 1 atom stereocenters. The molecule has 1 fully saturated rings. The summed E-state index contributed by atoms with van der Waals surface area (Å²) in [5.41, 5.74) is 2.18. The number of rotatable bonds is 3. The third-order valence-corrected chi connectivity index (χ3v) is 3.83. The Kier molecular flexibility index (Phi) is 5.63. The smallest absolute Gasteiger partial charge is 0.271 e. The van der Waals surface area contributed by atoms with Gasteiger partial charge < -0.3 is 15.0 Å². The van der Waals surface area contributed by atoms with Crippen LogP contribution in [0.15, 0.2) is 30.3 Å². The lowest BCUT2D eigenvalue weighted by Crippen LogP contribution is -2.51. The standard InChI is InChI=1S/C16H20N4O2.ClH/c1-11-10-20(7-6-17-11)16(21)15-9-14(18-19-15)12-4-3-5-13(8-12)22-2;/h3-5,8-9,11,17H,6-7,10H2,1-2H3,(H,18,19);1H/t11-;/m1./s1. The van der Waals surface area contributed by atoms with Gasteiger partial charge in [0, 0.05) is 31.2 Å². The predicted molar refractivity (Wildman–Crippen MR) is 91.2 cm³/mol. The summed E-state index contributed by atoms with van der Waals surface area (Å²) in [7, 11) is 1.63. The molecule has 1 amide bonds. The lowest BCUT2D eigenvalue weighted by Gasteiger charge is -2.31. The Bertz CT molecular complexity index is 674. The number of nitrogens with one attached hydrogen (secondary N) is 2. The maximum atomic E-state index is 12.5. The van der Waals surface area contributed by atoms with Gasteiger partial charge in [0.25, 0.3) is 5.91 Å². The molecule has 1 aliphatic rings. The van der Waals surface area contributed by atoms with Gasteiger partial charge >= 0.3 is 0 Å². The van der Waals surface area contributed by atoms with Crippen LogP contribution in [0.25, 0.3) is 11.3 Å². The monoisotopic (exact) mass is 336 g/mol. The first-order valence-electron chi connectivity index (χ1n) is 7.40. The molecule has 124 valence electrons. The van der Waals surface area contributed by atoms with E-state index in [1.807, 2.05) is 29.2 Å². The van der Waals surface area contributed by atoms with Crippen molar-refractivity contribution >= 4 is 18.3 Å². The highest BCUT2D eigenvalue weighted by Gasteiger charge is 2.23. The van der Waals surface area contributed by atoms with Gasteiger partial charge in [-0.2, -0.15) is 5.10 Å². The molecule has 1 aromatic heterocycles. The van der Waals surface area contributed by atoms with Crippen LogP contribution in [0.5, 0.6) is 5.75 Å². The maximum absolute atomic E-state index is 12.5. The van der Waals surface area contributed by atoms with Crippen LogP contribution in [-0.4, -0.2) is 53.8 Å². The Morgan fingerprint density at radius 1 is 1.39 bits per heavy atom. The number of aromatic amines is 1. The van der Waals surface area contributed by atoms with Crippen molar-refractivity contribution < 1.29 is 9.53 Å². The van der Waals surface area contributed by atoms with Crippen molar-refractivity contribution in [3.63, 3.8) is 0 Å². The zero-order valence-corrected chi connectivity index (χ0v) is 14.0. The van der Waals surface area contributed by atoms with E-state index in [0.717, 1.165) is 30.1 Å². The minimum atomic E-state index is -0.00463. The molecule has 0 saturated carbocycles. The average Bonchev–Trinajstić information content (AvgIpc) is 3.04. The van der Waals surface area contributed by atoms with E-state index >= 15 is 0 Å². The molecule has 2 heterocycles. The van der Waals surface area contributed by atoms with Crippen LogP contribution in [0.1, 0.15) is 17.4 Å². The van der Waals surface area contributed by atoms with Crippen LogP contribution in [-0.2, 0) is 0 Å². The zero-order chi connectivity index (χ0) is 15.5. The molecular weight excluding hydrogens is 316 g/mol. The number of nitrogens with zero attached hydrogens (tertiary/aromatic N) is 2. The molecule has 0 aliphatic carbocycles. The number of methoxy groups -OCH3 is 1. The third-order valence-electron chi connectivity index (χ3n) is 3.83.